The van der Waals surface area contributed by atoms with Crippen LogP contribution >= 0.6 is 11.3 Å². The van der Waals surface area contributed by atoms with E-state index in [1.54, 1.807) is 0 Å². The zero-order chi connectivity index (χ0) is 23.9. The Hall–Kier alpha value is -3.07. The fourth-order valence-corrected chi connectivity index (χ4v) is 6.31. The van der Waals surface area contributed by atoms with E-state index in [0.717, 1.165) is 54.2 Å². The third-order valence-electron chi connectivity index (χ3n) is 7.06. The summed E-state index contributed by atoms with van der Waals surface area (Å²) >= 11 is 1.82. The molecule has 6 rings (SSSR count). The number of nitrogens with zero attached hydrogens (tertiary/aromatic N) is 4. The van der Waals surface area contributed by atoms with Crippen molar-refractivity contribution in [3.05, 3.63) is 64.8 Å². The van der Waals surface area contributed by atoms with Crippen molar-refractivity contribution in [2.75, 3.05) is 30.4 Å². The molecule has 3 atom stereocenters. The smallest absolute Gasteiger partial charge is 0.158 e. The van der Waals surface area contributed by atoms with E-state index in [1.165, 1.54) is 20.9 Å². The summed E-state index contributed by atoms with van der Waals surface area (Å²) < 4.78 is 5.79. The highest BCUT2D eigenvalue weighted by molar-refractivity contribution is 7.15. The zero-order valence-electron chi connectivity index (χ0n) is 20.3. The number of pyridine rings is 1. The molecule has 4 aromatic rings. The number of rotatable bonds is 7. The average molecular weight is 487 g/mol. The number of thiophene rings is 1. The van der Waals surface area contributed by atoms with Crippen molar-refractivity contribution < 1.29 is 4.74 Å². The van der Waals surface area contributed by atoms with Crippen molar-refractivity contribution in [1.29, 1.82) is 0 Å². The van der Waals surface area contributed by atoms with Gasteiger partial charge in [-0.1, -0.05) is 24.3 Å². The van der Waals surface area contributed by atoms with Crippen LogP contribution in [0.15, 0.2) is 48.7 Å². The molecular formula is C27H30N6OS. The maximum Gasteiger partial charge on any atom is 0.158 e. The minimum absolute atomic E-state index is 0.0882. The largest absolute Gasteiger partial charge is 0.374 e. The van der Waals surface area contributed by atoms with E-state index in [-0.39, 0.29) is 6.04 Å². The van der Waals surface area contributed by atoms with Crippen LogP contribution < -0.4 is 15.5 Å². The number of benzene rings is 1. The van der Waals surface area contributed by atoms with Crippen LogP contribution in [0.4, 0.5) is 11.5 Å². The maximum absolute atomic E-state index is 5.79. The van der Waals surface area contributed by atoms with Gasteiger partial charge in [0, 0.05) is 28.2 Å². The Morgan fingerprint density at radius 2 is 2.09 bits per heavy atom. The Labute approximate surface area is 209 Å². The first-order chi connectivity index (χ1) is 17.1. The number of hydrogen-bond donors (Lipinski definition) is 2. The fraction of sp³-hybridized carbons (Fsp3) is 0.370. The quantitative estimate of drug-likeness (QED) is 0.384. The lowest BCUT2D eigenvalue weighted by atomic mass is 10.1. The van der Waals surface area contributed by atoms with Crippen molar-refractivity contribution in [3.8, 4) is 10.4 Å². The lowest BCUT2D eigenvalue weighted by Crippen LogP contribution is -2.36. The molecule has 0 saturated carbocycles. The van der Waals surface area contributed by atoms with Gasteiger partial charge in [0.05, 0.1) is 47.9 Å². The molecule has 3 aromatic heterocycles. The topological polar surface area (TPSA) is 75.2 Å². The van der Waals surface area contributed by atoms with E-state index >= 15 is 0 Å². The molecule has 35 heavy (non-hydrogen) atoms. The number of nitrogens with one attached hydrogen (secondary N) is 2. The molecule has 0 radical (unpaired) electrons. The third-order valence-corrected chi connectivity index (χ3v) is 8.36. The fourth-order valence-electron chi connectivity index (χ4n) is 5.24. The molecule has 2 bridgehead atoms. The predicted molar refractivity (Wildman–Crippen MR) is 142 cm³/mol. The molecule has 180 valence electrons. The zero-order valence-corrected chi connectivity index (χ0v) is 21.1. The standard InChI is InChI=1S/C27H30N6OS/c1-16(24-8-9-25(35-24)22-7-5-4-6-18(22)12-28-3)30-27-23-11-19(13-29-26(23)17(2)31-32-27)33-14-21-10-20(33)15-34-21/h4-9,11,13,16,20-21,28H,10,12,14-15H2,1-3H3,(H,30,32)/t16-,20?,21?/m1/s1. The second kappa shape index (κ2) is 9.18. The third kappa shape index (κ3) is 4.16. The Balaban J connectivity index is 1.29. The second-order valence-corrected chi connectivity index (χ2v) is 10.6. The van der Waals surface area contributed by atoms with Crippen LogP contribution in [0.2, 0.25) is 0 Å². The van der Waals surface area contributed by atoms with Crippen LogP contribution in [0.25, 0.3) is 21.3 Å². The van der Waals surface area contributed by atoms with Gasteiger partial charge in [-0.25, -0.2) is 0 Å². The van der Waals surface area contributed by atoms with Crippen molar-refractivity contribution in [2.45, 2.75) is 45.0 Å². The lowest BCUT2D eigenvalue weighted by Gasteiger charge is -2.29. The summed E-state index contributed by atoms with van der Waals surface area (Å²) in [5.74, 6) is 0.776. The first-order valence-corrected chi connectivity index (χ1v) is 13.0. The van der Waals surface area contributed by atoms with E-state index in [2.05, 4.69) is 75.1 Å². The van der Waals surface area contributed by atoms with E-state index in [1.807, 2.05) is 31.5 Å². The molecule has 2 saturated heterocycles. The maximum atomic E-state index is 5.79. The average Bonchev–Trinajstić information content (AvgIpc) is 3.64. The van der Waals surface area contributed by atoms with Crippen LogP contribution in [0.1, 0.15) is 35.5 Å². The van der Waals surface area contributed by atoms with E-state index in [4.69, 9.17) is 9.72 Å². The molecule has 5 heterocycles. The molecule has 7 nitrogen and oxygen atoms in total. The Kier molecular flexibility index (Phi) is 5.88. The van der Waals surface area contributed by atoms with Gasteiger partial charge in [0.25, 0.3) is 0 Å². The molecule has 0 spiro atoms. The number of fused-ring (bicyclic) bond motifs is 3. The minimum atomic E-state index is 0.0882. The number of anilines is 2. The highest BCUT2D eigenvalue weighted by Gasteiger charge is 2.39. The molecule has 0 aliphatic carbocycles. The van der Waals surface area contributed by atoms with Crippen molar-refractivity contribution >= 4 is 33.7 Å². The van der Waals surface area contributed by atoms with Crippen LogP contribution in [0.5, 0.6) is 0 Å². The van der Waals surface area contributed by atoms with Crippen LogP contribution in [0, 0.1) is 6.92 Å². The molecule has 2 fully saturated rings. The van der Waals surface area contributed by atoms with Crippen molar-refractivity contribution in [2.24, 2.45) is 0 Å². The monoisotopic (exact) mass is 486 g/mol. The molecule has 2 unspecified atom stereocenters. The van der Waals surface area contributed by atoms with Gasteiger partial charge in [-0.2, -0.15) is 5.10 Å². The second-order valence-electron chi connectivity index (χ2n) is 9.48. The van der Waals surface area contributed by atoms with E-state index in [9.17, 15) is 0 Å². The predicted octanol–water partition coefficient (Wildman–Crippen LogP) is 4.93. The highest BCUT2D eigenvalue weighted by atomic mass is 32.1. The van der Waals surface area contributed by atoms with Gasteiger partial charge >= 0.3 is 0 Å². The summed E-state index contributed by atoms with van der Waals surface area (Å²) in [5, 5.41) is 16.8. The van der Waals surface area contributed by atoms with Gasteiger partial charge in [0.2, 0.25) is 0 Å². The van der Waals surface area contributed by atoms with Crippen molar-refractivity contribution in [1.82, 2.24) is 20.5 Å². The van der Waals surface area contributed by atoms with Gasteiger partial charge in [-0.3, -0.25) is 4.98 Å². The summed E-state index contributed by atoms with van der Waals surface area (Å²) in [6, 6.07) is 15.8. The van der Waals surface area contributed by atoms with E-state index < -0.39 is 0 Å². The number of aromatic nitrogens is 3. The van der Waals surface area contributed by atoms with Gasteiger partial charge in [-0.05, 0) is 56.6 Å². The molecule has 1 aromatic carbocycles. The van der Waals surface area contributed by atoms with Crippen LogP contribution in [-0.4, -0.2) is 47.5 Å². The molecule has 2 aliphatic rings. The molecular weight excluding hydrogens is 456 g/mol. The molecule has 0 amide bonds. The number of hydrogen-bond acceptors (Lipinski definition) is 8. The van der Waals surface area contributed by atoms with Crippen LogP contribution in [-0.2, 0) is 11.3 Å². The molecule has 8 heteroatoms. The summed E-state index contributed by atoms with van der Waals surface area (Å²) in [6.07, 6.45) is 3.42. The first-order valence-electron chi connectivity index (χ1n) is 12.2. The Bertz CT molecular complexity index is 1370. The van der Waals surface area contributed by atoms with E-state index in [0.29, 0.717) is 12.1 Å². The number of morpholine rings is 1. The van der Waals surface area contributed by atoms with Crippen molar-refractivity contribution in [3.63, 3.8) is 0 Å². The van der Waals surface area contributed by atoms with Gasteiger partial charge in [-0.15, -0.1) is 16.4 Å². The Morgan fingerprint density at radius 1 is 1.20 bits per heavy atom. The summed E-state index contributed by atoms with van der Waals surface area (Å²) in [7, 11) is 1.98. The number of ether oxygens (including phenoxy) is 1. The summed E-state index contributed by atoms with van der Waals surface area (Å²) in [6.45, 7) is 6.73. The van der Waals surface area contributed by atoms with Crippen LogP contribution in [0.3, 0.4) is 0 Å². The first kappa shape index (κ1) is 22.4. The molecule has 2 N–H and O–H groups in total. The Morgan fingerprint density at radius 3 is 2.89 bits per heavy atom. The SMILES string of the molecule is CNCc1ccccc1-c1ccc([C@@H](C)Nc2nnc(C)c3ncc(N4CC5CC4CO5)cc23)s1. The minimum Gasteiger partial charge on any atom is -0.374 e. The normalized spacial score (nSPS) is 20.0. The highest BCUT2D eigenvalue weighted by Crippen LogP contribution is 2.37. The molecule has 2 aliphatic heterocycles. The van der Waals surface area contributed by atoms with Gasteiger partial charge in [0.15, 0.2) is 5.82 Å². The summed E-state index contributed by atoms with van der Waals surface area (Å²) in [5.41, 5.74) is 5.46. The van der Waals surface area contributed by atoms with Gasteiger partial charge < -0.3 is 20.3 Å². The summed E-state index contributed by atoms with van der Waals surface area (Å²) in [4.78, 5) is 9.75. The number of aryl methyl sites for hydroxylation is 1. The van der Waals surface area contributed by atoms with Gasteiger partial charge in [0.1, 0.15) is 0 Å². The lowest BCUT2D eigenvalue weighted by molar-refractivity contribution is 0.0991.